The third-order valence-electron chi connectivity index (χ3n) is 4.27. The summed E-state index contributed by atoms with van der Waals surface area (Å²) in [4.78, 5) is 7.11. The van der Waals surface area contributed by atoms with Crippen LogP contribution in [0.25, 0.3) is 10.8 Å². The lowest BCUT2D eigenvalue weighted by Crippen LogP contribution is -2.28. The maximum Gasteiger partial charge on any atom is 0.133 e. The molecule has 0 aliphatic heterocycles. The summed E-state index contributed by atoms with van der Waals surface area (Å²) in [6.07, 6.45) is 8.23. The highest BCUT2D eigenvalue weighted by atomic mass is 35.5. The van der Waals surface area contributed by atoms with Crippen LogP contribution in [0.5, 0.6) is 0 Å². The van der Waals surface area contributed by atoms with Gasteiger partial charge in [-0.2, -0.15) is 0 Å². The quantitative estimate of drug-likeness (QED) is 0.496. The highest BCUT2D eigenvalue weighted by molar-refractivity contribution is 5.91. The van der Waals surface area contributed by atoms with Gasteiger partial charge in [0.1, 0.15) is 5.82 Å². The van der Waals surface area contributed by atoms with E-state index in [4.69, 9.17) is 0 Å². The molecule has 2 rings (SSSR count). The highest BCUT2D eigenvalue weighted by Crippen LogP contribution is 2.20. The first-order valence-corrected chi connectivity index (χ1v) is 9.15. The number of fused-ring (bicyclic) bond motifs is 1. The summed E-state index contributed by atoms with van der Waals surface area (Å²) in [5.74, 6) is 1.01. The van der Waals surface area contributed by atoms with Crippen molar-refractivity contribution in [3.8, 4) is 0 Å². The van der Waals surface area contributed by atoms with Gasteiger partial charge in [-0.1, -0.05) is 51.0 Å². The van der Waals surface area contributed by atoms with Crippen LogP contribution >= 0.6 is 24.8 Å². The van der Waals surface area contributed by atoms with Gasteiger partial charge in [-0.3, -0.25) is 0 Å². The fraction of sp³-hybridized carbons (Fsp3) is 0.550. The Morgan fingerprint density at radius 3 is 2.20 bits per heavy atom. The Hall–Kier alpha value is -1.03. The fourth-order valence-electron chi connectivity index (χ4n) is 2.87. The van der Waals surface area contributed by atoms with Gasteiger partial charge in [0.2, 0.25) is 0 Å². The molecule has 3 nitrogen and oxygen atoms in total. The Kier molecular flexibility index (Phi) is 13.6. The second-order valence-corrected chi connectivity index (χ2v) is 6.21. The van der Waals surface area contributed by atoms with Crippen molar-refractivity contribution in [2.45, 2.75) is 46.0 Å². The minimum absolute atomic E-state index is 0. The molecule has 1 N–H and O–H groups in total. The molecule has 1 aromatic heterocycles. The number of unbranched alkanes of at least 4 members (excludes halogenated alkanes) is 2. The van der Waals surface area contributed by atoms with Crippen LogP contribution in [0.2, 0.25) is 0 Å². The summed E-state index contributed by atoms with van der Waals surface area (Å²) in [5, 5.41) is 5.98. The first kappa shape index (κ1) is 24.0. The predicted octanol–water partition coefficient (Wildman–Crippen LogP) is 5.78. The number of aromatic nitrogens is 1. The molecule has 0 radical (unpaired) electrons. The number of hydrogen-bond acceptors (Lipinski definition) is 3. The van der Waals surface area contributed by atoms with Crippen molar-refractivity contribution >= 4 is 41.4 Å². The van der Waals surface area contributed by atoms with Crippen LogP contribution in [-0.4, -0.2) is 36.1 Å². The van der Waals surface area contributed by atoms with Gasteiger partial charge in [0.05, 0.1) is 0 Å². The standard InChI is InChI=1S/C20H31N3.2ClH/c1-3-5-15-23(16-6-4-2)17-9-13-21-20-19-11-8-7-10-18(19)12-14-22-20;;/h7-8,10-12,14H,3-6,9,13,15-17H2,1-2H3,(H,21,22);2*1H. The molecule has 5 heteroatoms. The Bertz CT molecular complexity index is 564. The first-order valence-electron chi connectivity index (χ1n) is 9.15. The van der Waals surface area contributed by atoms with Gasteiger partial charge in [0.15, 0.2) is 0 Å². The van der Waals surface area contributed by atoms with E-state index in [1.54, 1.807) is 0 Å². The molecule has 0 amide bonds. The molecule has 2 aromatic rings. The molecule has 0 saturated heterocycles. The Labute approximate surface area is 165 Å². The van der Waals surface area contributed by atoms with Gasteiger partial charge in [0, 0.05) is 18.1 Å². The van der Waals surface area contributed by atoms with Gasteiger partial charge in [0.25, 0.3) is 0 Å². The lowest BCUT2D eigenvalue weighted by Gasteiger charge is -2.22. The zero-order chi connectivity index (χ0) is 16.3. The summed E-state index contributed by atoms with van der Waals surface area (Å²) in [6, 6.07) is 10.5. The van der Waals surface area contributed by atoms with E-state index in [1.807, 2.05) is 6.20 Å². The zero-order valence-electron chi connectivity index (χ0n) is 15.5. The van der Waals surface area contributed by atoms with E-state index in [9.17, 15) is 0 Å². The molecule has 142 valence electrons. The smallest absolute Gasteiger partial charge is 0.133 e. The Morgan fingerprint density at radius 2 is 1.52 bits per heavy atom. The minimum atomic E-state index is 0. The van der Waals surface area contributed by atoms with Gasteiger partial charge in [-0.05, 0) is 50.3 Å². The molecule has 1 aromatic carbocycles. The summed E-state index contributed by atoms with van der Waals surface area (Å²) in [5.41, 5.74) is 0. The van der Waals surface area contributed by atoms with Crippen LogP contribution in [-0.2, 0) is 0 Å². The molecule has 0 fully saturated rings. The topological polar surface area (TPSA) is 28.2 Å². The molecule has 0 spiro atoms. The number of hydrogen-bond donors (Lipinski definition) is 1. The highest BCUT2D eigenvalue weighted by Gasteiger charge is 2.04. The zero-order valence-corrected chi connectivity index (χ0v) is 17.2. The van der Waals surface area contributed by atoms with Crippen molar-refractivity contribution in [3.05, 3.63) is 36.5 Å². The number of benzene rings is 1. The van der Waals surface area contributed by atoms with E-state index in [0.29, 0.717) is 0 Å². The van der Waals surface area contributed by atoms with E-state index in [-0.39, 0.29) is 24.8 Å². The van der Waals surface area contributed by atoms with Crippen LogP contribution in [0.3, 0.4) is 0 Å². The second kappa shape index (κ2) is 14.2. The van der Waals surface area contributed by atoms with Crippen LogP contribution in [0, 0.1) is 0 Å². The monoisotopic (exact) mass is 385 g/mol. The molecule has 0 aliphatic rings. The van der Waals surface area contributed by atoms with Crippen LogP contribution < -0.4 is 5.32 Å². The van der Waals surface area contributed by atoms with E-state index < -0.39 is 0 Å². The van der Waals surface area contributed by atoms with E-state index in [2.05, 4.69) is 59.4 Å². The van der Waals surface area contributed by atoms with Gasteiger partial charge in [-0.25, -0.2) is 4.98 Å². The third-order valence-corrected chi connectivity index (χ3v) is 4.27. The lowest BCUT2D eigenvalue weighted by atomic mass is 10.1. The molecule has 0 bridgehead atoms. The summed E-state index contributed by atoms with van der Waals surface area (Å²) in [6.45, 7) is 9.18. The Balaban J connectivity index is 0.00000288. The largest absolute Gasteiger partial charge is 0.370 e. The number of nitrogens with zero attached hydrogens (tertiary/aromatic N) is 2. The van der Waals surface area contributed by atoms with Crippen LogP contribution in [0.4, 0.5) is 5.82 Å². The minimum Gasteiger partial charge on any atom is -0.370 e. The number of halogens is 2. The van der Waals surface area contributed by atoms with E-state index in [0.717, 1.165) is 12.4 Å². The second-order valence-electron chi connectivity index (χ2n) is 6.21. The molecule has 0 saturated carbocycles. The van der Waals surface area contributed by atoms with E-state index >= 15 is 0 Å². The van der Waals surface area contributed by atoms with Gasteiger partial charge >= 0.3 is 0 Å². The van der Waals surface area contributed by atoms with Crippen molar-refractivity contribution in [1.82, 2.24) is 9.88 Å². The number of nitrogens with one attached hydrogen (secondary N) is 1. The first-order chi connectivity index (χ1) is 11.3. The summed E-state index contributed by atoms with van der Waals surface area (Å²) < 4.78 is 0. The average Bonchev–Trinajstić information content (AvgIpc) is 2.60. The van der Waals surface area contributed by atoms with Gasteiger partial charge in [-0.15, -0.1) is 24.8 Å². The molecule has 0 atom stereocenters. The fourth-order valence-corrected chi connectivity index (χ4v) is 2.87. The SMILES string of the molecule is CCCCN(CCCC)CCCNc1nccc2ccccc12.Cl.Cl. The van der Waals surface area contributed by atoms with Crippen molar-refractivity contribution < 1.29 is 0 Å². The normalized spacial score (nSPS) is 10.4. The van der Waals surface area contributed by atoms with E-state index in [1.165, 1.54) is 62.5 Å². The third kappa shape index (κ3) is 8.26. The van der Waals surface area contributed by atoms with Crippen LogP contribution in [0.15, 0.2) is 36.5 Å². The molecular formula is C20H33Cl2N3. The number of rotatable bonds is 11. The molecule has 0 unspecified atom stereocenters. The maximum atomic E-state index is 4.50. The molecule has 25 heavy (non-hydrogen) atoms. The molecule has 1 heterocycles. The molecule has 0 aliphatic carbocycles. The van der Waals surface area contributed by atoms with Crippen LogP contribution in [0.1, 0.15) is 46.0 Å². The van der Waals surface area contributed by atoms with Crippen molar-refractivity contribution in [2.24, 2.45) is 0 Å². The van der Waals surface area contributed by atoms with Gasteiger partial charge < -0.3 is 10.2 Å². The van der Waals surface area contributed by atoms with Crippen molar-refractivity contribution in [1.29, 1.82) is 0 Å². The lowest BCUT2D eigenvalue weighted by molar-refractivity contribution is 0.264. The Morgan fingerprint density at radius 1 is 0.880 bits per heavy atom. The van der Waals surface area contributed by atoms with Crippen molar-refractivity contribution in [3.63, 3.8) is 0 Å². The summed E-state index contributed by atoms with van der Waals surface area (Å²) >= 11 is 0. The summed E-state index contributed by atoms with van der Waals surface area (Å²) in [7, 11) is 0. The number of anilines is 1. The predicted molar refractivity (Wildman–Crippen MR) is 116 cm³/mol. The molecular weight excluding hydrogens is 353 g/mol. The van der Waals surface area contributed by atoms with Crippen molar-refractivity contribution in [2.75, 3.05) is 31.5 Å². The maximum absolute atomic E-state index is 4.50. The number of pyridine rings is 1. The average molecular weight is 386 g/mol.